The van der Waals surface area contributed by atoms with E-state index in [1.807, 2.05) is 60.4 Å². The van der Waals surface area contributed by atoms with Crippen molar-refractivity contribution in [3.05, 3.63) is 94.5 Å². The molecule has 1 N–H and O–H groups in total. The summed E-state index contributed by atoms with van der Waals surface area (Å²) in [5, 5.41) is 3.59. The Labute approximate surface area is 154 Å². The second kappa shape index (κ2) is 6.34. The third-order valence-electron chi connectivity index (χ3n) is 4.86. The predicted octanol–water partition coefficient (Wildman–Crippen LogP) is 5.38. The number of aryl methyl sites for hydroxylation is 3. The smallest absolute Gasteiger partial charge is 0.260 e. The van der Waals surface area contributed by atoms with Crippen molar-refractivity contribution in [3.63, 3.8) is 0 Å². The van der Waals surface area contributed by atoms with E-state index >= 15 is 0 Å². The van der Waals surface area contributed by atoms with Crippen molar-refractivity contribution < 1.29 is 4.79 Å². The van der Waals surface area contributed by atoms with Crippen LogP contribution < -0.4 is 10.2 Å². The molecule has 1 aliphatic heterocycles. The van der Waals surface area contributed by atoms with E-state index in [1.54, 1.807) is 0 Å². The predicted molar refractivity (Wildman–Crippen MR) is 107 cm³/mol. The zero-order chi connectivity index (χ0) is 18.3. The molecule has 1 atom stereocenters. The fourth-order valence-electron chi connectivity index (χ4n) is 3.76. The highest BCUT2D eigenvalue weighted by Crippen LogP contribution is 2.39. The number of amides is 1. The van der Waals surface area contributed by atoms with E-state index < -0.39 is 0 Å². The molecule has 0 radical (unpaired) electrons. The lowest BCUT2D eigenvalue weighted by atomic mass is 10.1. The van der Waals surface area contributed by atoms with E-state index in [9.17, 15) is 4.79 Å². The Morgan fingerprint density at radius 1 is 0.846 bits per heavy atom. The molecule has 1 unspecified atom stereocenters. The van der Waals surface area contributed by atoms with Crippen LogP contribution in [0.2, 0.25) is 0 Å². The molecule has 0 fully saturated rings. The molecule has 0 aromatic heterocycles. The Morgan fingerprint density at radius 2 is 1.50 bits per heavy atom. The third kappa shape index (κ3) is 2.76. The number of fused-ring (bicyclic) bond motifs is 1. The number of nitrogens with zero attached hydrogens (tertiary/aromatic N) is 1. The second-order valence-corrected chi connectivity index (χ2v) is 6.97. The Kier molecular flexibility index (Phi) is 4.00. The third-order valence-corrected chi connectivity index (χ3v) is 4.86. The maximum absolute atomic E-state index is 13.2. The summed E-state index contributed by atoms with van der Waals surface area (Å²) in [5.74, 6) is 0.0387. The number of hydrogen-bond donors (Lipinski definition) is 1. The number of benzene rings is 3. The highest BCUT2D eigenvalue weighted by Gasteiger charge is 2.38. The summed E-state index contributed by atoms with van der Waals surface area (Å²) in [6.45, 7) is 6.22. The molecule has 4 rings (SSSR count). The van der Waals surface area contributed by atoms with E-state index in [-0.39, 0.29) is 12.1 Å². The van der Waals surface area contributed by atoms with Gasteiger partial charge in [-0.25, -0.2) is 0 Å². The number of anilines is 2. The van der Waals surface area contributed by atoms with Gasteiger partial charge in [-0.15, -0.1) is 0 Å². The molecule has 1 amide bonds. The summed E-state index contributed by atoms with van der Waals surface area (Å²) >= 11 is 0. The summed E-state index contributed by atoms with van der Waals surface area (Å²) in [5.41, 5.74) is 7.23. The minimum absolute atomic E-state index is 0.0387. The van der Waals surface area contributed by atoms with Crippen molar-refractivity contribution >= 4 is 17.3 Å². The first kappa shape index (κ1) is 16.4. The van der Waals surface area contributed by atoms with E-state index in [0.717, 1.165) is 28.1 Å². The highest BCUT2D eigenvalue weighted by molar-refractivity contribution is 6.11. The number of carbonyl (C=O) groups excluding carboxylic acids is 1. The zero-order valence-corrected chi connectivity index (χ0v) is 15.3. The van der Waals surface area contributed by atoms with Crippen LogP contribution >= 0.6 is 0 Å². The lowest BCUT2D eigenvalue weighted by Gasteiger charge is -2.28. The first-order chi connectivity index (χ1) is 12.5. The van der Waals surface area contributed by atoms with Crippen LogP contribution in [-0.4, -0.2) is 5.91 Å². The minimum atomic E-state index is -0.221. The van der Waals surface area contributed by atoms with Gasteiger partial charge in [0.1, 0.15) is 6.17 Å². The van der Waals surface area contributed by atoms with Crippen molar-refractivity contribution in [2.45, 2.75) is 26.9 Å². The Balaban J connectivity index is 1.82. The molecule has 3 aromatic rings. The van der Waals surface area contributed by atoms with E-state index in [1.165, 1.54) is 11.1 Å². The monoisotopic (exact) mass is 342 g/mol. The van der Waals surface area contributed by atoms with Crippen LogP contribution in [0.15, 0.2) is 66.7 Å². The first-order valence-corrected chi connectivity index (χ1v) is 8.87. The van der Waals surface area contributed by atoms with Gasteiger partial charge in [0.2, 0.25) is 0 Å². The van der Waals surface area contributed by atoms with Crippen molar-refractivity contribution in [2.24, 2.45) is 0 Å². The molecule has 0 saturated carbocycles. The Morgan fingerprint density at radius 3 is 2.23 bits per heavy atom. The number of carbonyl (C=O) groups is 1. The Bertz CT molecular complexity index is 973. The van der Waals surface area contributed by atoms with Crippen molar-refractivity contribution in [2.75, 3.05) is 10.2 Å². The molecule has 26 heavy (non-hydrogen) atoms. The van der Waals surface area contributed by atoms with Gasteiger partial charge in [0.15, 0.2) is 0 Å². The van der Waals surface area contributed by atoms with Crippen LogP contribution in [0.3, 0.4) is 0 Å². The number of para-hydroxylation sites is 1. The molecular weight excluding hydrogens is 320 g/mol. The minimum Gasteiger partial charge on any atom is -0.361 e. The van der Waals surface area contributed by atoms with Crippen LogP contribution in [0.1, 0.15) is 38.8 Å². The first-order valence-electron chi connectivity index (χ1n) is 8.87. The standard InChI is InChI=1S/C23H22N2O/c1-15-12-16(2)14-18(13-15)24-22-19-9-5-6-10-20(19)23(26)25(22)21-11-7-4-8-17(21)3/h4-14,22,24H,1-3H3. The van der Waals surface area contributed by atoms with Gasteiger partial charge in [0, 0.05) is 22.5 Å². The van der Waals surface area contributed by atoms with E-state index in [0.29, 0.717) is 0 Å². The summed E-state index contributed by atoms with van der Waals surface area (Å²) in [6.07, 6.45) is -0.221. The summed E-state index contributed by atoms with van der Waals surface area (Å²) in [4.78, 5) is 15.0. The van der Waals surface area contributed by atoms with Gasteiger partial charge in [0.25, 0.3) is 5.91 Å². The van der Waals surface area contributed by atoms with Crippen molar-refractivity contribution in [1.29, 1.82) is 0 Å². The van der Waals surface area contributed by atoms with Crippen LogP contribution in [-0.2, 0) is 0 Å². The summed E-state index contributed by atoms with van der Waals surface area (Å²) in [6, 6.07) is 22.3. The van der Waals surface area contributed by atoms with E-state index in [2.05, 4.69) is 37.4 Å². The fourth-order valence-corrected chi connectivity index (χ4v) is 3.76. The van der Waals surface area contributed by atoms with Gasteiger partial charge in [-0.3, -0.25) is 9.69 Å². The SMILES string of the molecule is Cc1cc(C)cc(NC2c3ccccc3C(=O)N2c2ccccc2C)c1. The van der Waals surface area contributed by atoms with Crippen molar-refractivity contribution in [1.82, 2.24) is 0 Å². The molecule has 0 aliphatic carbocycles. The molecule has 3 heteroatoms. The summed E-state index contributed by atoms with van der Waals surface area (Å²) in [7, 11) is 0. The van der Waals surface area contributed by atoms with Gasteiger partial charge in [-0.1, -0.05) is 42.5 Å². The fraction of sp³-hybridized carbons (Fsp3) is 0.174. The maximum Gasteiger partial charge on any atom is 0.260 e. The van der Waals surface area contributed by atoms with Crippen LogP contribution in [0.25, 0.3) is 0 Å². The van der Waals surface area contributed by atoms with Crippen LogP contribution in [0.5, 0.6) is 0 Å². The normalized spacial score (nSPS) is 15.9. The van der Waals surface area contributed by atoms with Crippen LogP contribution in [0, 0.1) is 20.8 Å². The maximum atomic E-state index is 13.2. The molecule has 3 aromatic carbocycles. The van der Waals surface area contributed by atoms with Gasteiger partial charge >= 0.3 is 0 Å². The Hall–Kier alpha value is -3.07. The van der Waals surface area contributed by atoms with Crippen LogP contribution in [0.4, 0.5) is 11.4 Å². The van der Waals surface area contributed by atoms with Gasteiger partial charge < -0.3 is 5.32 Å². The van der Waals surface area contributed by atoms with Gasteiger partial charge in [0.05, 0.1) is 0 Å². The number of hydrogen-bond acceptors (Lipinski definition) is 2. The zero-order valence-electron chi connectivity index (χ0n) is 15.3. The van der Waals surface area contributed by atoms with Gasteiger partial charge in [-0.2, -0.15) is 0 Å². The molecular formula is C23H22N2O. The summed E-state index contributed by atoms with van der Waals surface area (Å²) < 4.78 is 0. The lowest BCUT2D eigenvalue weighted by molar-refractivity contribution is 0.0993. The van der Waals surface area contributed by atoms with E-state index in [4.69, 9.17) is 0 Å². The average molecular weight is 342 g/mol. The number of rotatable bonds is 3. The molecule has 0 spiro atoms. The number of nitrogens with one attached hydrogen (secondary N) is 1. The second-order valence-electron chi connectivity index (χ2n) is 6.97. The largest absolute Gasteiger partial charge is 0.361 e. The van der Waals surface area contributed by atoms with Gasteiger partial charge in [-0.05, 0) is 61.7 Å². The molecule has 3 nitrogen and oxygen atoms in total. The topological polar surface area (TPSA) is 32.3 Å². The lowest BCUT2D eigenvalue weighted by Crippen LogP contribution is -2.32. The molecule has 130 valence electrons. The van der Waals surface area contributed by atoms with Crippen molar-refractivity contribution in [3.8, 4) is 0 Å². The molecule has 0 bridgehead atoms. The molecule has 1 aliphatic rings. The average Bonchev–Trinajstić information content (AvgIpc) is 2.87. The molecule has 1 heterocycles. The highest BCUT2D eigenvalue weighted by atomic mass is 16.2. The quantitative estimate of drug-likeness (QED) is 0.693. The molecule has 0 saturated heterocycles.